The van der Waals surface area contributed by atoms with Crippen LogP contribution in [0.25, 0.3) is 0 Å². The summed E-state index contributed by atoms with van der Waals surface area (Å²) in [6, 6.07) is 5.76. The molecule has 1 rings (SSSR count). The second-order valence-electron chi connectivity index (χ2n) is 3.32. The predicted molar refractivity (Wildman–Crippen MR) is 77.7 cm³/mol. The summed E-state index contributed by atoms with van der Waals surface area (Å²) in [5, 5.41) is 4.55. The summed E-state index contributed by atoms with van der Waals surface area (Å²) in [4.78, 5) is 6.04. The Labute approximate surface area is 127 Å². The van der Waals surface area contributed by atoms with Crippen LogP contribution in [0.1, 0.15) is 11.4 Å². The molecule has 1 N–H and O–H groups in total. The third-order valence-electron chi connectivity index (χ3n) is 1.67. The Morgan fingerprint density at radius 2 is 2.11 bits per heavy atom. The zero-order valence-electron chi connectivity index (χ0n) is 10.1. The van der Waals surface area contributed by atoms with Gasteiger partial charge in [-0.1, -0.05) is 6.07 Å². The van der Waals surface area contributed by atoms with E-state index in [1.807, 2.05) is 39.2 Å². The number of nitrogens with one attached hydrogen (secondary N) is 1. The van der Waals surface area contributed by atoms with E-state index in [1.54, 1.807) is 11.1 Å². The number of hydrogen-bond donors (Lipinski definition) is 1. The summed E-state index contributed by atoms with van der Waals surface area (Å²) < 4.78 is 0. The second kappa shape index (κ2) is 10.5. The molecular weight excluding hydrogens is 343 g/mol. The van der Waals surface area contributed by atoms with Gasteiger partial charge in [-0.2, -0.15) is 5.10 Å². The van der Waals surface area contributed by atoms with E-state index in [2.05, 4.69) is 35.7 Å². The minimum absolute atomic E-state index is 0.568. The Morgan fingerprint density at radius 1 is 1.50 bits per heavy atom. The molecule has 1 aromatic heterocycles. The van der Waals surface area contributed by atoms with Gasteiger partial charge in [-0.25, -0.2) is 0 Å². The van der Waals surface area contributed by atoms with Crippen molar-refractivity contribution in [1.82, 2.24) is 15.3 Å². The number of rotatable bonds is 2. The summed E-state index contributed by atoms with van der Waals surface area (Å²) in [5.74, 6) is 0. The number of aromatic nitrogens is 1. The Kier molecular flexibility index (Phi) is 10.3. The van der Waals surface area contributed by atoms with Crippen molar-refractivity contribution in [2.24, 2.45) is 5.10 Å². The van der Waals surface area contributed by atoms with E-state index in [4.69, 9.17) is 12.2 Å². The molecule has 0 amide bonds. The van der Waals surface area contributed by atoms with Gasteiger partial charge in [-0.15, -0.1) is 0 Å². The molecule has 1 heterocycles. The number of thiocarbonyl (C=S) groups is 1. The standard InChI is InChI=1S/C10H14N4S.2ClH.Cu/c1-8-5-4-6-9(12-8)7-11-13-10(15)14(2)3;;;/h4-7H,1-3H3,(H,13,15);2*1H;/q;;;+2/p-2/b11-7+;;;. The Morgan fingerprint density at radius 3 is 2.61 bits per heavy atom. The van der Waals surface area contributed by atoms with Crippen LogP contribution in [0.3, 0.4) is 0 Å². The van der Waals surface area contributed by atoms with Crippen molar-refractivity contribution < 1.29 is 13.1 Å². The van der Waals surface area contributed by atoms with Crippen LogP contribution in [0.5, 0.6) is 0 Å². The van der Waals surface area contributed by atoms with E-state index in [-0.39, 0.29) is 0 Å². The average molecular weight is 357 g/mol. The number of hydrogen-bond acceptors (Lipinski definition) is 3. The first kappa shape index (κ1) is 17.6. The molecule has 4 nitrogen and oxygen atoms in total. The molecule has 0 atom stereocenters. The van der Waals surface area contributed by atoms with Gasteiger partial charge in [0.15, 0.2) is 5.11 Å². The number of nitrogens with zero attached hydrogens (tertiary/aromatic N) is 3. The van der Waals surface area contributed by atoms with Crippen molar-refractivity contribution in [3.8, 4) is 0 Å². The molecule has 18 heavy (non-hydrogen) atoms. The molecule has 0 aliphatic rings. The van der Waals surface area contributed by atoms with Crippen LogP contribution in [-0.4, -0.2) is 35.3 Å². The van der Waals surface area contributed by atoms with Crippen LogP contribution in [0.15, 0.2) is 23.3 Å². The van der Waals surface area contributed by atoms with Crippen LogP contribution in [0, 0.1) is 6.92 Å². The van der Waals surface area contributed by atoms with E-state index in [0.717, 1.165) is 24.5 Å². The van der Waals surface area contributed by atoms with Crippen LogP contribution >= 0.6 is 32.4 Å². The molecule has 0 saturated carbocycles. The molecule has 0 aliphatic carbocycles. The summed E-state index contributed by atoms with van der Waals surface area (Å²) in [7, 11) is 13.1. The zero-order chi connectivity index (χ0) is 14.0. The van der Waals surface area contributed by atoms with E-state index < -0.39 is 0 Å². The van der Waals surface area contributed by atoms with E-state index in [9.17, 15) is 0 Å². The molecule has 0 bridgehead atoms. The van der Waals surface area contributed by atoms with Crippen molar-refractivity contribution >= 4 is 43.7 Å². The van der Waals surface area contributed by atoms with E-state index in [1.165, 1.54) is 0 Å². The van der Waals surface area contributed by atoms with Gasteiger partial charge >= 0.3 is 33.3 Å². The zero-order valence-corrected chi connectivity index (χ0v) is 13.4. The molecule has 0 aliphatic heterocycles. The third-order valence-corrected chi connectivity index (χ3v) is 2.13. The molecule has 8 heteroatoms. The van der Waals surface area contributed by atoms with Crippen molar-refractivity contribution in [1.29, 1.82) is 0 Å². The van der Waals surface area contributed by atoms with Crippen LogP contribution < -0.4 is 5.43 Å². The van der Waals surface area contributed by atoms with Gasteiger partial charge in [0.1, 0.15) is 0 Å². The molecule has 105 valence electrons. The van der Waals surface area contributed by atoms with E-state index in [0.29, 0.717) is 5.11 Å². The van der Waals surface area contributed by atoms with Crippen LogP contribution in [0.2, 0.25) is 0 Å². The Balaban J connectivity index is 0.000000873. The normalized spacial score (nSPS) is 9.83. The summed E-state index contributed by atoms with van der Waals surface area (Å²) in [6.07, 6.45) is 1.64. The molecule has 0 saturated heterocycles. The summed E-state index contributed by atoms with van der Waals surface area (Å²) in [6.45, 7) is 1.94. The first-order valence-electron chi connectivity index (χ1n) is 4.76. The number of hydrazone groups is 1. The summed E-state index contributed by atoms with van der Waals surface area (Å²) in [5.41, 5.74) is 4.51. The van der Waals surface area contributed by atoms with Gasteiger partial charge in [-0.3, -0.25) is 10.4 Å². The molecule has 0 radical (unpaired) electrons. The molecular formula is C10H14Cl2CuN4S. The molecule has 0 spiro atoms. The van der Waals surface area contributed by atoms with Gasteiger partial charge in [0.2, 0.25) is 0 Å². The number of halogens is 2. The predicted octanol–water partition coefficient (Wildman–Crippen LogP) is 2.54. The molecule has 1 aromatic rings. The number of aryl methyl sites for hydroxylation is 1. The first-order valence-corrected chi connectivity index (χ1v) is 7.76. The topological polar surface area (TPSA) is 40.5 Å². The average Bonchev–Trinajstić information content (AvgIpc) is 2.30. The van der Waals surface area contributed by atoms with Gasteiger partial charge < -0.3 is 4.90 Å². The molecule has 0 aromatic carbocycles. The van der Waals surface area contributed by atoms with Crippen molar-refractivity contribution in [2.45, 2.75) is 6.92 Å². The van der Waals surface area contributed by atoms with Crippen molar-refractivity contribution in [3.63, 3.8) is 0 Å². The minimum atomic E-state index is 0.568. The van der Waals surface area contributed by atoms with Crippen LogP contribution in [-0.2, 0) is 13.1 Å². The van der Waals surface area contributed by atoms with Crippen LogP contribution in [0.4, 0.5) is 0 Å². The third kappa shape index (κ3) is 8.66. The number of pyridine rings is 1. The first-order chi connectivity index (χ1) is 8.51. The van der Waals surface area contributed by atoms with Gasteiger partial charge in [0, 0.05) is 19.8 Å². The maximum atomic E-state index is 5.00. The SMILES string of the molecule is Cc1cccc(/C=N/NC(=S)N(C)C)n1.[Cl][Cu][Cl]. The van der Waals surface area contributed by atoms with Gasteiger partial charge in [0.25, 0.3) is 0 Å². The fraction of sp³-hybridized carbons (Fsp3) is 0.300. The fourth-order valence-electron chi connectivity index (χ4n) is 0.890. The molecule has 0 unspecified atom stereocenters. The van der Waals surface area contributed by atoms with Gasteiger partial charge in [-0.05, 0) is 31.3 Å². The van der Waals surface area contributed by atoms with Crippen molar-refractivity contribution in [3.05, 3.63) is 29.6 Å². The maximum absolute atomic E-state index is 5.00. The quantitative estimate of drug-likeness (QED) is 0.383. The van der Waals surface area contributed by atoms with Gasteiger partial charge in [0.05, 0.1) is 11.9 Å². The van der Waals surface area contributed by atoms with Crippen molar-refractivity contribution in [2.75, 3.05) is 14.1 Å². The summed E-state index contributed by atoms with van der Waals surface area (Å²) >= 11 is 5.76. The second-order valence-corrected chi connectivity index (χ2v) is 5.26. The Bertz CT molecular complexity index is 401. The fourth-order valence-corrected chi connectivity index (χ4v) is 0.942. The van der Waals surface area contributed by atoms with E-state index >= 15 is 0 Å². The monoisotopic (exact) mass is 355 g/mol. The Hall–Kier alpha value is -0.391. The molecule has 0 fully saturated rings.